The minimum Gasteiger partial charge on any atom is -0.493 e. The Morgan fingerprint density at radius 2 is 1.71 bits per heavy atom. The van der Waals surface area contributed by atoms with Crippen LogP contribution in [-0.4, -0.2) is 39.3 Å². The minimum atomic E-state index is -0.375. The topological polar surface area (TPSA) is 82.8 Å². The van der Waals surface area contributed by atoms with Crippen molar-refractivity contribution in [1.29, 1.82) is 0 Å². The van der Waals surface area contributed by atoms with Gasteiger partial charge in [-0.1, -0.05) is 24.3 Å². The molecule has 6 heteroatoms. The van der Waals surface area contributed by atoms with Gasteiger partial charge in [0.1, 0.15) is 6.61 Å². The molecule has 0 spiro atoms. The lowest BCUT2D eigenvalue weighted by Crippen LogP contribution is -2.25. The minimum absolute atomic E-state index is 0.181. The Morgan fingerprint density at radius 1 is 0.964 bits per heavy atom. The van der Waals surface area contributed by atoms with Gasteiger partial charge in [0.05, 0.1) is 26.7 Å². The van der Waals surface area contributed by atoms with Crippen molar-refractivity contribution < 1.29 is 19.0 Å². The zero-order valence-electron chi connectivity index (χ0n) is 16.9. The van der Waals surface area contributed by atoms with Crippen molar-refractivity contribution in [3.63, 3.8) is 0 Å². The fourth-order valence-corrected chi connectivity index (χ4v) is 2.73. The van der Waals surface area contributed by atoms with E-state index in [2.05, 4.69) is 37.4 Å². The summed E-state index contributed by atoms with van der Waals surface area (Å²) in [6.07, 6.45) is 0.181. The zero-order valence-corrected chi connectivity index (χ0v) is 16.9. The van der Waals surface area contributed by atoms with Crippen molar-refractivity contribution in [3.05, 3.63) is 58.7 Å². The van der Waals surface area contributed by atoms with Crippen LogP contribution in [-0.2, 0) is 22.6 Å². The summed E-state index contributed by atoms with van der Waals surface area (Å²) < 4.78 is 16.8. The average molecular weight is 386 g/mol. The normalized spacial score (nSPS) is 10.7. The van der Waals surface area contributed by atoms with E-state index in [-0.39, 0.29) is 12.3 Å². The van der Waals surface area contributed by atoms with E-state index in [1.165, 1.54) is 16.7 Å². The van der Waals surface area contributed by atoms with Gasteiger partial charge in [-0.2, -0.15) is 0 Å². The second kappa shape index (κ2) is 11.3. The van der Waals surface area contributed by atoms with Gasteiger partial charge in [-0.25, -0.2) is 0 Å². The summed E-state index contributed by atoms with van der Waals surface area (Å²) in [5, 5.41) is 3.29. The van der Waals surface area contributed by atoms with Gasteiger partial charge in [0.2, 0.25) is 5.91 Å². The van der Waals surface area contributed by atoms with Crippen molar-refractivity contribution in [2.24, 2.45) is 5.73 Å². The maximum atomic E-state index is 11.0. The number of carbonyl (C=O) groups is 1. The van der Waals surface area contributed by atoms with Crippen LogP contribution < -0.4 is 20.5 Å². The summed E-state index contributed by atoms with van der Waals surface area (Å²) in [6.45, 7) is 7.43. The fourth-order valence-electron chi connectivity index (χ4n) is 2.73. The van der Waals surface area contributed by atoms with Crippen molar-refractivity contribution in [2.75, 3.05) is 33.4 Å². The molecule has 2 aromatic carbocycles. The van der Waals surface area contributed by atoms with Gasteiger partial charge >= 0.3 is 0 Å². The molecule has 0 unspecified atom stereocenters. The quantitative estimate of drug-likeness (QED) is 0.548. The first-order chi connectivity index (χ1) is 13.5. The van der Waals surface area contributed by atoms with E-state index >= 15 is 0 Å². The predicted octanol–water partition coefficient (Wildman–Crippen LogP) is 2.53. The Morgan fingerprint density at radius 3 is 2.43 bits per heavy atom. The fraction of sp³-hybridized carbons (Fsp3) is 0.409. The molecular formula is C22H30N2O4. The summed E-state index contributed by atoms with van der Waals surface area (Å²) in [6, 6.07) is 11.8. The van der Waals surface area contributed by atoms with E-state index in [0.717, 1.165) is 12.1 Å². The molecule has 0 aliphatic heterocycles. The molecule has 3 N–H and O–H groups in total. The van der Waals surface area contributed by atoms with Gasteiger partial charge in [-0.15, -0.1) is 0 Å². The van der Waals surface area contributed by atoms with Gasteiger partial charge in [-0.05, 0) is 48.2 Å². The highest BCUT2D eigenvalue weighted by Crippen LogP contribution is 2.28. The Bertz CT molecular complexity index is 777. The number of rotatable bonds is 12. The second-order valence-electron chi connectivity index (χ2n) is 6.70. The van der Waals surface area contributed by atoms with Crippen LogP contribution in [0.2, 0.25) is 0 Å². The molecule has 0 aliphatic carbocycles. The third-order valence-electron chi connectivity index (χ3n) is 4.41. The van der Waals surface area contributed by atoms with Crippen LogP contribution in [0, 0.1) is 13.8 Å². The van der Waals surface area contributed by atoms with Crippen molar-refractivity contribution in [1.82, 2.24) is 5.32 Å². The molecule has 2 rings (SSSR count). The van der Waals surface area contributed by atoms with E-state index in [1.807, 2.05) is 6.07 Å². The van der Waals surface area contributed by atoms with Crippen molar-refractivity contribution in [3.8, 4) is 11.5 Å². The summed E-state index contributed by atoms with van der Waals surface area (Å²) in [7, 11) is 1.57. The number of nitrogens with two attached hydrogens (primary N) is 1. The largest absolute Gasteiger partial charge is 0.493 e. The Kier molecular flexibility index (Phi) is 8.78. The third kappa shape index (κ3) is 7.21. The van der Waals surface area contributed by atoms with Crippen LogP contribution in [0.25, 0.3) is 0 Å². The maximum absolute atomic E-state index is 11.0. The Balaban J connectivity index is 1.62. The number of carbonyl (C=O) groups excluding carboxylic acids is 1. The van der Waals surface area contributed by atoms with E-state index in [9.17, 15) is 4.79 Å². The van der Waals surface area contributed by atoms with Crippen molar-refractivity contribution >= 4 is 5.91 Å². The van der Waals surface area contributed by atoms with Crippen LogP contribution in [0.5, 0.6) is 11.5 Å². The number of hydrogen-bond acceptors (Lipinski definition) is 5. The average Bonchev–Trinajstić information content (AvgIpc) is 2.67. The first-order valence-electron chi connectivity index (χ1n) is 9.42. The van der Waals surface area contributed by atoms with Crippen LogP contribution in [0.3, 0.4) is 0 Å². The predicted molar refractivity (Wildman–Crippen MR) is 110 cm³/mol. The molecule has 0 atom stereocenters. The summed E-state index contributed by atoms with van der Waals surface area (Å²) in [5.41, 5.74) is 9.80. The van der Waals surface area contributed by atoms with Crippen LogP contribution in [0.15, 0.2) is 36.4 Å². The van der Waals surface area contributed by atoms with Crippen molar-refractivity contribution in [2.45, 2.75) is 26.9 Å². The lowest BCUT2D eigenvalue weighted by molar-refractivity contribution is -0.117. The van der Waals surface area contributed by atoms with E-state index < -0.39 is 0 Å². The number of ether oxygens (including phenoxy) is 3. The monoisotopic (exact) mass is 386 g/mol. The van der Waals surface area contributed by atoms with E-state index in [4.69, 9.17) is 19.9 Å². The van der Waals surface area contributed by atoms with E-state index in [1.54, 1.807) is 19.2 Å². The van der Waals surface area contributed by atoms with Gasteiger partial charge in [-0.3, -0.25) is 4.79 Å². The Labute approximate surface area is 167 Å². The maximum Gasteiger partial charge on any atom is 0.221 e. The number of benzene rings is 2. The Hall–Kier alpha value is -2.57. The standard InChI is InChI=1S/C22H30N2O4/c1-16-4-5-19(12-17(16)2)15-27-10-8-24-9-11-28-20-7-6-18(14-22(23)25)13-21(20)26-3/h4-7,12-13,24H,8-11,14-15H2,1-3H3,(H2,23,25). The third-order valence-corrected chi connectivity index (χ3v) is 4.41. The SMILES string of the molecule is COc1cc(CC(N)=O)ccc1OCCNCCOCc1ccc(C)c(C)c1. The molecule has 0 aliphatic rings. The highest BCUT2D eigenvalue weighted by molar-refractivity contribution is 5.76. The number of methoxy groups -OCH3 is 1. The zero-order chi connectivity index (χ0) is 20.4. The summed E-state index contributed by atoms with van der Waals surface area (Å²) >= 11 is 0. The number of primary amides is 1. The van der Waals surface area contributed by atoms with Gasteiger partial charge < -0.3 is 25.3 Å². The molecule has 1 amide bonds. The molecule has 0 fully saturated rings. The molecule has 0 aromatic heterocycles. The first-order valence-corrected chi connectivity index (χ1v) is 9.42. The molecular weight excluding hydrogens is 356 g/mol. The lowest BCUT2D eigenvalue weighted by Gasteiger charge is -2.12. The molecule has 0 bridgehead atoms. The number of nitrogens with one attached hydrogen (secondary N) is 1. The van der Waals surface area contributed by atoms with E-state index in [0.29, 0.717) is 37.9 Å². The lowest BCUT2D eigenvalue weighted by atomic mass is 10.1. The molecule has 2 aromatic rings. The van der Waals surface area contributed by atoms with Crippen LogP contribution >= 0.6 is 0 Å². The van der Waals surface area contributed by atoms with Gasteiger partial charge in [0.15, 0.2) is 11.5 Å². The molecule has 152 valence electrons. The highest BCUT2D eigenvalue weighted by atomic mass is 16.5. The molecule has 0 saturated heterocycles. The van der Waals surface area contributed by atoms with Crippen LogP contribution in [0.1, 0.15) is 22.3 Å². The first kappa shape index (κ1) is 21.7. The highest BCUT2D eigenvalue weighted by Gasteiger charge is 2.07. The number of amides is 1. The molecule has 28 heavy (non-hydrogen) atoms. The second-order valence-corrected chi connectivity index (χ2v) is 6.70. The summed E-state index contributed by atoms with van der Waals surface area (Å²) in [4.78, 5) is 11.0. The smallest absolute Gasteiger partial charge is 0.221 e. The molecule has 0 saturated carbocycles. The van der Waals surface area contributed by atoms with Gasteiger partial charge in [0.25, 0.3) is 0 Å². The number of aryl methyl sites for hydroxylation is 2. The molecule has 0 radical (unpaired) electrons. The van der Waals surface area contributed by atoms with Gasteiger partial charge in [0, 0.05) is 13.1 Å². The number of hydrogen-bond donors (Lipinski definition) is 2. The summed E-state index contributed by atoms with van der Waals surface area (Å²) in [5.74, 6) is 0.860. The van der Waals surface area contributed by atoms with Crippen LogP contribution in [0.4, 0.5) is 0 Å². The molecule has 6 nitrogen and oxygen atoms in total. The molecule has 0 heterocycles.